The van der Waals surface area contributed by atoms with Crippen molar-refractivity contribution < 1.29 is 9.39 Å². The van der Waals surface area contributed by atoms with Crippen LogP contribution in [0.25, 0.3) is 88.4 Å². The molecule has 0 amide bonds. The van der Waals surface area contributed by atoms with E-state index in [1.807, 2.05) is 12.1 Å². The Morgan fingerprint density at radius 2 is 0.881 bits per heavy atom. The molecule has 13 rings (SSSR count). The monoisotopic (exact) mass is 752 g/mol. The first kappa shape index (κ1) is 32.3. The summed E-state index contributed by atoms with van der Waals surface area (Å²) in [6, 6.07) is 71.8. The van der Waals surface area contributed by atoms with Crippen molar-refractivity contribution in [3.05, 3.63) is 200 Å². The molecule has 274 valence electrons. The van der Waals surface area contributed by atoms with Crippen molar-refractivity contribution in [2.45, 2.75) is 0 Å². The predicted molar refractivity (Wildman–Crippen MR) is 244 cm³/mol. The molecule has 0 spiro atoms. The first-order valence-corrected chi connectivity index (χ1v) is 20.2. The standard InChI is InChI=1S/C54H33BN2O2/c1-6-19-47-40(14-1)41-15-2-7-20-48(41)56(47)38-27-24-34(25-28-38)37-32-45-44-31-36(26-29-51(44)59-55-46-18-5-10-23-52(46)58-53(33-37)54(45)55)35-12-11-13-39(30-35)57-49-21-8-3-16-42(49)43-17-4-9-22-50(43)57/h1-33H. The summed E-state index contributed by atoms with van der Waals surface area (Å²) in [5.41, 5.74) is 15.8. The number of ether oxygens (including phenoxy) is 1. The summed E-state index contributed by atoms with van der Waals surface area (Å²) in [5.74, 6) is 2.53. The van der Waals surface area contributed by atoms with Gasteiger partial charge in [-0.15, -0.1) is 0 Å². The van der Waals surface area contributed by atoms with Crippen LogP contribution in [-0.2, 0) is 0 Å². The van der Waals surface area contributed by atoms with Crippen LogP contribution in [0.3, 0.4) is 0 Å². The summed E-state index contributed by atoms with van der Waals surface area (Å²) in [6.45, 7) is -0.270. The molecule has 11 aromatic rings. The average Bonchev–Trinajstić information content (AvgIpc) is 3.82. The third kappa shape index (κ3) is 4.79. The quantitative estimate of drug-likeness (QED) is 0.168. The maximum Gasteiger partial charge on any atom is 0.434 e. The maximum absolute atomic E-state index is 6.92. The number of fused-ring (bicyclic) bond motifs is 10. The topological polar surface area (TPSA) is 28.3 Å². The molecule has 0 aliphatic carbocycles. The zero-order valence-corrected chi connectivity index (χ0v) is 31.8. The van der Waals surface area contributed by atoms with E-state index < -0.39 is 0 Å². The van der Waals surface area contributed by atoms with Gasteiger partial charge in [0, 0.05) is 49.4 Å². The van der Waals surface area contributed by atoms with Crippen molar-refractivity contribution >= 4 is 61.5 Å². The molecule has 2 aromatic heterocycles. The second-order valence-electron chi connectivity index (χ2n) is 15.6. The van der Waals surface area contributed by atoms with Crippen LogP contribution >= 0.6 is 0 Å². The molecule has 0 unspecified atom stereocenters. The molecule has 2 aliphatic rings. The second kappa shape index (κ2) is 12.4. The van der Waals surface area contributed by atoms with Crippen LogP contribution < -0.4 is 20.3 Å². The maximum atomic E-state index is 6.92. The Bertz CT molecular complexity index is 3420. The minimum atomic E-state index is -0.270. The molecule has 0 atom stereocenters. The zero-order chi connectivity index (χ0) is 38.6. The molecule has 0 radical (unpaired) electrons. The van der Waals surface area contributed by atoms with Crippen LogP contribution in [0.5, 0.6) is 17.2 Å². The molecule has 59 heavy (non-hydrogen) atoms. The number of rotatable bonds is 4. The number of hydrogen-bond acceptors (Lipinski definition) is 2. The van der Waals surface area contributed by atoms with Crippen LogP contribution in [0, 0.1) is 0 Å². The summed E-state index contributed by atoms with van der Waals surface area (Å²) in [4.78, 5) is 0. The van der Waals surface area contributed by atoms with E-state index in [9.17, 15) is 0 Å². The molecular formula is C54H33BN2O2. The lowest BCUT2D eigenvalue weighted by Crippen LogP contribution is -2.53. The largest absolute Gasteiger partial charge is 0.551 e. The predicted octanol–water partition coefficient (Wildman–Crippen LogP) is 12.5. The van der Waals surface area contributed by atoms with Gasteiger partial charge in [-0.05, 0) is 107 Å². The highest BCUT2D eigenvalue weighted by Gasteiger charge is 2.41. The number of aromatic nitrogens is 2. The summed E-state index contributed by atoms with van der Waals surface area (Å²) in [7, 11) is 0. The molecule has 4 nitrogen and oxygen atoms in total. The fourth-order valence-electron chi connectivity index (χ4n) is 9.74. The van der Waals surface area contributed by atoms with E-state index in [-0.39, 0.29) is 6.92 Å². The van der Waals surface area contributed by atoms with Gasteiger partial charge >= 0.3 is 6.92 Å². The Labute approximate surface area is 340 Å². The molecule has 5 heteroatoms. The van der Waals surface area contributed by atoms with Gasteiger partial charge in [0.15, 0.2) is 0 Å². The lowest BCUT2D eigenvalue weighted by Gasteiger charge is -2.33. The van der Waals surface area contributed by atoms with E-state index >= 15 is 0 Å². The summed E-state index contributed by atoms with van der Waals surface area (Å²) >= 11 is 0. The minimum Gasteiger partial charge on any atom is -0.551 e. The molecular weight excluding hydrogens is 719 g/mol. The smallest absolute Gasteiger partial charge is 0.434 e. The van der Waals surface area contributed by atoms with E-state index in [0.717, 1.165) is 72.9 Å². The van der Waals surface area contributed by atoms with Crippen molar-refractivity contribution in [3.8, 4) is 62.0 Å². The Morgan fingerprint density at radius 1 is 0.339 bits per heavy atom. The summed E-state index contributed by atoms with van der Waals surface area (Å²) < 4.78 is 18.4. The molecule has 0 N–H and O–H groups in total. The Hall–Kier alpha value is -7.76. The van der Waals surface area contributed by atoms with Gasteiger partial charge in [-0.1, -0.05) is 121 Å². The van der Waals surface area contributed by atoms with Gasteiger partial charge in [0.1, 0.15) is 17.2 Å². The summed E-state index contributed by atoms with van der Waals surface area (Å²) in [6.07, 6.45) is 0. The number of benzene rings is 9. The van der Waals surface area contributed by atoms with E-state index in [4.69, 9.17) is 9.39 Å². The normalized spacial score (nSPS) is 12.6. The van der Waals surface area contributed by atoms with Gasteiger partial charge < -0.3 is 18.5 Å². The van der Waals surface area contributed by atoms with Crippen molar-refractivity contribution in [1.82, 2.24) is 9.13 Å². The van der Waals surface area contributed by atoms with E-state index in [0.29, 0.717) is 0 Å². The van der Waals surface area contributed by atoms with Crippen molar-refractivity contribution in [2.24, 2.45) is 0 Å². The SMILES string of the molecule is c1cc(-c2ccc3c(c2)-c2cc(-c4ccc(-n5c6ccccc6c6ccccc65)cc4)cc4c2B(O3)c2ccccc2O4)cc(-n2c3ccccc3c3ccccc32)c1. The van der Waals surface area contributed by atoms with Crippen molar-refractivity contribution in [2.75, 3.05) is 0 Å². The highest BCUT2D eigenvalue weighted by molar-refractivity contribution is 6.84. The highest BCUT2D eigenvalue weighted by atomic mass is 16.5. The first-order chi connectivity index (χ1) is 29.2. The first-order valence-electron chi connectivity index (χ1n) is 20.2. The average molecular weight is 753 g/mol. The van der Waals surface area contributed by atoms with Gasteiger partial charge in [-0.3, -0.25) is 0 Å². The fraction of sp³-hybridized carbons (Fsp3) is 0. The van der Waals surface area contributed by atoms with Gasteiger partial charge in [0.25, 0.3) is 0 Å². The zero-order valence-electron chi connectivity index (χ0n) is 31.8. The van der Waals surface area contributed by atoms with Gasteiger partial charge in [-0.2, -0.15) is 0 Å². The number of para-hydroxylation sites is 5. The molecule has 0 saturated carbocycles. The van der Waals surface area contributed by atoms with E-state index in [1.54, 1.807) is 0 Å². The van der Waals surface area contributed by atoms with Gasteiger partial charge in [0.2, 0.25) is 0 Å². The van der Waals surface area contributed by atoms with E-state index in [2.05, 4.69) is 197 Å². The van der Waals surface area contributed by atoms with Crippen molar-refractivity contribution in [1.29, 1.82) is 0 Å². The van der Waals surface area contributed by atoms with Gasteiger partial charge in [-0.25, -0.2) is 0 Å². The van der Waals surface area contributed by atoms with Crippen LogP contribution in [0.1, 0.15) is 0 Å². The third-order valence-corrected chi connectivity index (χ3v) is 12.4. The Balaban J connectivity index is 0.948. The molecule has 0 bridgehead atoms. The summed E-state index contributed by atoms with van der Waals surface area (Å²) in [5, 5.41) is 5.02. The molecule has 0 fully saturated rings. The number of hydrogen-bond donors (Lipinski definition) is 0. The lowest BCUT2D eigenvalue weighted by atomic mass is 9.50. The van der Waals surface area contributed by atoms with Crippen LogP contribution in [0.15, 0.2) is 200 Å². The minimum absolute atomic E-state index is 0.270. The molecule has 0 saturated heterocycles. The van der Waals surface area contributed by atoms with Gasteiger partial charge in [0.05, 0.1) is 22.1 Å². The van der Waals surface area contributed by atoms with Crippen LogP contribution in [0.2, 0.25) is 0 Å². The highest BCUT2D eigenvalue weighted by Crippen LogP contribution is 2.44. The number of nitrogens with zero attached hydrogens (tertiary/aromatic N) is 2. The lowest BCUT2D eigenvalue weighted by molar-refractivity contribution is 0.479. The Morgan fingerprint density at radius 3 is 1.54 bits per heavy atom. The second-order valence-corrected chi connectivity index (χ2v) is 15.6. The Kier molecular flexibility index (Phi) is 6.78. The third-order valence-electron chi connectivity index (χ3n) is 12.4. The fourth-order valence-corrected chi connectivity index (χ4v) is 9.74. The van der Waals surface area contributed by atoms with Crippen LogP contribution in [-0.4, -0.2) is 16.0 Å². The van der Waals surface area contributed by atoms with E-state index in [1.165, 1.54) is 43.6 Å². The molecule has 9 aromatic carbocycles. The molecule has 4 heterocycles. The van der Waals surface area contributed by atoms with Crippen LogP contribution in [0.4, 0.5) is 0 Å². The molecule has 2 aliphatic heterocycles. The van der Waals surface area contributed by atoms with Crippen molar-refractivity contribution in [3.63, 3.8) is 0 Å².